The number of ether oxygens (including phenoxy) is 4. The van der Waals surface area contributed by atoms with Crippen LogP contribution in [0.1, 0.15) is 97.8 Å². The monoisotopic (exact) mass is 1180 g/mol. The van der Waals surface area contributed by atoms with Crippen LogP contribution < -0.4 is 35.4 Å². The molecule has 0 bridgehead atoms. The van der Waals surface area contributed by atoms with Crippen molar-refractivity contribution >= 4 is 57.8 Å². The maximum absolute atomic E-state index is 15.6. The van der Waals surface area contributed by atoms with Crippen molar-refractivity contribution in [3.05, 3.63) is 78.5 Å². The van der Waals surface area contributed by atoms with Crippen molar-refractivity contribution in [1.29, 1.82) is 0 Å². The van der Waals surface area contributed by atoms with Crippen LogP contribution in [0.25, 0.3) is 33.3 Å². The lowest BCUT2D eigenvalue weighted by molar-refractivity contribution is -0.120. The summed E-state index contributed by atoms with van der Waals surface area (Å²) in [5.41, 5.74) is 6.67. The van der Waals surface area contributed by atoms with Crippen molar-refractivity contribution in [2.75, 3.05) is 102 Å². The number of hydrogen-bond donors (Lipinski definition) is 2. The molecule has 0 spiro atoms. The highest BCUT2D eigenvalue weighted by Crippen LogP contribution is 2.43. The van der Waals surface area contributed by atoms with E-state index in [1.54, 1.807) is 18.2 Å². The smallest absolute Gasteiger partial charge is 0.473 e. The number of aromatic nitrogens is 6. The van der Waals surface area contributed by atoms with Crippen LogP contribution in [0.2, 0.25) is 0 Å². The van der Waals surface area contributed by atoms with Gasteiger partial charge >= 0.3 is 7.12 Å². The van der Waals surface area contributed by atoms with Crippen LogP contribution in [0.4, 0.5) is 20.2 Å². The average molecular weight is 1180 g/mol. The highest BCUT2D eigenvalue weighted by molar-refractivity contribution is 6.62. The highest BCUT2D eigenvalue weighted by atomic mass is 19.1. The standard InChI is InChI=1S/C28H33FN6O3.C19H28BFN2O3.C16H20N4O2/c1-17(18-10-26(36)30-13-18)38-28-27-25(31-16-35(27)19-2-3-19)12-24(32-28)22-5-4-20(11-23(22)29)33-6-8-34(9-7-33)21-14-37-15-21;1-18(2)19(3,4)26-20(25-18)16-6-5-14(11-17(16)21)22-7-9-23(10-8-22)15-12-24-13-15;1-9-5-13-15(20(8-18-13)12-3-4-12)16(19-9)22-10(2)11-6-14(21)17-7-11/h4-5,11-12,16-19,21H,2-3,6-10,13-15H2,1H3,(H,30,36);5-6,11,15H,7-10,12-13H2,1-4H3;5,8,10-12H,3-4,6-7H2,1-2H3,(H,17,21)/t17-,18-;;10-,11-/m1.1/s1. The lowest BCUT2D eigenvalue weighted by Crippen LogP contribution is -2.56. The predicted molar refractivity (Wildman–Crippen MR) is 323 cm³/mol. The van der Waals surface area contributed by atoms with Gasteiger partial charge in [-0.15, -0.1) is 0 Å². The zero-order valence-electron chi connectivity index (χ0n) is 50.6. The first-order valence-corrected chi connectivity index (χ1v) is 31.1. The quantitative estimate of drug-likeness (QED) is 0.111. The Morgan fingerprint density at radius 1 is 0.605 bits per heavy atom. The van der Waals surface area contributed by atoms with Gasteiger partial charge in [0.05, 0.1) is 79.1 Å². The second-order valence-corrected chi connectivity index (χ2v) is 26.0. The number of hydrogen-bond acceptors (Lipinski definition) is 16. The largest absolute Gasteiger partial charge is 0.497 e. The van der Waals surface area contributed by atoms with Crippen molar-refractivity contribution in [3.63, 3.8) is 0 Å². The van der Waals surface area contributed by atoms with Gasteiger partial charge in [0, 0.05) is 130 Å². The van der Waals surface area contributed by atoms with Crippen LogP contribution in [0.5, 0.6) is 11.8 Å². The molecule has 4 aromatic heterocycles. The molecule has 2 aliphatic carbocycles. The molecule has 9 aliphatic rings. The number of imidazole rings is 2. The normalized spacial score (nSPS) is 24.1. The van der Waals surface area contributed by atoms with Crippen LogP contribution in [0.15, 0.2) is 61.2 Å². The number of piperazine rings is 2. The highest BCUT2D eigenvalue weighted by Gasteiger charge is 2.52. The summed E-state index contributed by atoms with van der Waals surface area (Å²) in [7, 11) is -0.662. The van der Waals surface area contributed by atoms with Gasteiger partial charge in [0.15, 0.2) is 0 Å². The van der Waals surface area contributed by atoms with Crippen LogP contribution in [-0.4, -0.2) is 185 Å². The van der Waals surface area contributed by atoms with Gasteiger partial charge in [0.2, 0.25) is 23.6 Å². The summed E-state index contributed by atoms with van der Waals surface area (Å²) in [6.45, 7) is 25.9. The van der Waals surface area contributed by atoms with E-state index in [0.717, 1.165) is 131 Å². The first kappa shape index (κ1) is 58.5. The minimum atomic E-state index is -0.662. The summed E-state index contributed by atoms with van der Waals surface area (Å²) in [6.07, 6.45) is 8.98. The Morgan fingerprint density at radius 2 is 1.07 bits per heavy atom. The van der Waals surface area contributed by atoms with E-state index in [-0.39, 0.29) is 47.5 Å². The first-order chi connectivity index (χ1) is 41.4. The second kappa shape index (κ2) is 23.9. The molecule has 7 saturated heterocycles. The van der Waals surface area contributed by atoms with Gasteiger partial charge < -0.3 is 57.8 Å². The number of amides is 2. The zero-order valence-corrected chi connectivity index (χ0v) is 50.6. The summed E-state index contributed by atoms with van der Waals surface area (Å²) in [4.78, 5) is 51.1. The Kier molecular flexibility index (Phi) is 16.3. The lowest BCUT2D eigenvalue weighted by atomic mass is 9.78. The third kappa shape index (κ3) is 12.2. The van der Waals surface area contributed by atoms with Gasteiger partial charge in [-0.05, 0) is 117 Å². The Morgan fingerprint density at radius 3 is 1.50 bits per heavy atom. The number of carbonyl (C=O) groups excluding carboxylic acids is 2. The third-order valence-corrected chi connectivity index (χ3v) is 19.3. The molecule has 23 heteroatoms. The Bertz CT molecular complexity index is 3450. The average Bonchev–Trinajstić information content (AvgIpc) is 3.96. The van der Waals surface area contributed by atoms with E-state index in [0.29, 0.717) is 78.6 Å². The van der Waals surface area contributed by atoms with Crippen molar-refractivity contribution < 1.29 is 46.6 Å². The number of nitrogens with one attached hydrogen (secondary N) is 2. The summed E-state index contributed by atoms with van der Waals surface area (Å²) >= 11 is 0. The molecule has 2 amide bonds. The maximum atomic E-state index is 15.6. The molecule has 11 heterocycles. The van der Waals surface area contributed by atoms with Gasteiger partial charge in [-0.25, -0.2) is 28.7 Å². The van der Waals surface area contributed by atoms with Gasteiger partial charge in [0.25, 0.3) is 0 Å². The molecule has 6 aromatic rings. The number of pyridine rings is 2. The number of carbonyl (C=O) groups is 2. The third-order valence-electron chi connectivity index (χ3n) is 19.3. The number of nitrogens with zero attached hydrogens (tertiary/aromatic N) is 10. The van der Waals surface area contributed by atoms with E-state index in [1.165, 1.54) is 12.8 Å². The van der Waals surface area contributed by atoms with Crippen LogP contribution >= 0.6 is 0 Å². The molecule has 7 aliphatic heterocycles. The van der Waals surface area contributed by atoms with Crippen LogP contribution in [0, 0.1) is 30.4 Å². The van der Waals surface area contributed by atoms with E-state index in [1.807, 2.05) is 91.5 Å². The van der Waals surface area contributed by atoms with Gasteiger partial charge in [-0.2, -0.15) is 0 Å². The molecule has 2 N–H and O–H groups in total. The molecule has 15 rings (SSSR count). The van der Waals surface area contributed by atoms with Crippen molar-refractivity contribution in [3.8, 4) is 23.0 Å². The molecule has 458 valence electrons. The predicted octanol–water partition coefficient (Wildman–Crippen LogP) is 6.62. The number of rotatable bonds is 14. The number of halogens is 2. The van der Waals surface area contributed by atoms with E-state index in [2.05, 4.69) is 54.3 Å². The molecule has 2 aromatic carbocycles. The first-order valence-electron chi connectivity index (χ1n) is 31.1. The minimum Gasteiger partial charge on any atom is -0.473 e. The van der Waals surface area contributed by atoms with E-state index in [4.69, 9.17) is 33.2 Å². The molecule has 20 nitrogen and oxygen atoms in total. The number of benzene rings is 2. The summed E-state index contributed by atoms with van der Waals surface area (Å²) in [5.74, 6) is 0.924. The van der Waals surface area contributed by atoms with E-state index >= 15 is 4.39 Å². The Hall–Kier alpha value is -6.50. The topological polar surface area (TPSA) is 188 Å². The number of anilines is 2. The molecule has 2 saturated carbocycles. The Balaban J connectivity index is 0.000000125. The van der Waals surface area contributed by atoms with Crippen LogP contribution in [-0.2, 0) is 28.4 Å². The summed E-state index contributed by atoms with van der Waals surface area (Å²) in [5, 5.41) is 5.74. The molecular weight excluding hydrogens is 1100 g/mol. The molecule has 0 unspecified atom stereocenters. The molecule has 0 radical (unpaired) electrons. The van der Waals surface area contributed by atoms with Crippen molar-refractivity contribution in [1.82, 2.24) is 49.5 Å². The van der Waals surface area contributed by atoms with Gasteiger partial charge in [0.1, 0.15) is 34.9 Å². The van der Waals surface area contributed by atoms with Crippen molar-refractivity contribution in [2.45, 2.75) is 135 Å². The summed E-state index contributed by atoms with van der Waals surface area (Å²) < 4.78 is 69.8. The van der Waals surface area contributed by atoms with Crippen molar-refractivity contribution in [2.24, 2.45) is 11.8 Å². The maximum Gasteiger partial charge on any atom is 0.497 e. The molecule has 9 fully saturated rings. The van der Waals surface area contributed by atoms with E-state index < -0.39 is 18.3 Å². The SMILES string of the molecule is CC1(C)OB(c2ccc(N3CCN(C4COC4)CC3)cc2F)OC1(C)C.C[C@@H](Oc1nc(-c2ccc(N3CCN(C4COC4)CC3)cc2F)cc2ncn(C3CC3)c12)[C@H]1CNC(=O)C1.Cc1cc2ncn(C3CC3)c2c(O[C@H](C)[C@H]2CNC(=O)C2)n1. The van der Waals surface area contributed by atoms with Crippen LogP contribution in [0.3, 0.4) is 0 Å². The fraction of sp³-hybridized carbons (Fsp3) is 0.587. The van der Waals surface area contributed by atoms with E-state index in [9.17, 15) is 14.0 Å². The molecule has 86 heavy (non-hydrogen) atoms. The summed E-state index contributed by atoms with van der Waals surface area (Å²) in [6, 6.07) is 16.7. The molecular formula is C63H81BF2N12O8. The fourth-order valence-electron chi connectivity index (χ4n) is 12.5. The van der Waals surface area contributed by atoms with Gasteiger partial charge in [-0.3, -0.25) is 19.4 Å². The molecule has 4 atom stereocenters. The Labute approximate surface area is 501 Å². The number of fused-ring (bicyclic) bond motifs is 2. The fourth-order valence-corrected chi connectivity index (χ4v) is 12.5. The number of aryl methyl sites for hydroxylation is 1. The zero-order chi connectivity index (χ0) is 59.6. The lowest BCUT2D eigenvalue weighted by Gasteiger charge is -2.43. The van der Waals surface area contributed by atoms with Gasteiger partial charge in [-0.1, -0.05) is 6.07 Å². The minimum absolute atomic E-state index is 0.0426. The second-order valence-electron chi connectivity index (χ2n) is 26.0.